The second-order valence-electron chi connectivity index (χ2n) is 13.8. The Morgan fingerprint density at radius 1 is 0.778 bits per heavy atom. The van der Waals surface area contributed by atoms with E-state index in [0.717, 1.165) is 22.3 Å². The van der Waals surface area contributed by atoms with Crippen LogP contribution in [0.2, 0.25) is 0 Å². The Labute approximate surface area is 316 Å². The van der Waals surface area contributed by atoms with Crippen molar-refractivity contribution in [3.05, 3.63) is 167 Å². The molecule has 0 spiro atoms. The molecule has 54 heavy (non-hydrogen) atoms. The summed E-state index contributed by atoms with van der Waals surface area (Å²) in [5.41, 5.74) is 5.42. The van der Waals surface area contributed by atoms with Crippen LogP contribution in [0.3, 0.4) is 0 Å². The van der Waals surface area contributed by atoms with Gasteiger partial charge in [-0.3, -0.25) is 4.79 Å². The fraction of sp³-hybridized carbons (Fsp3) is 0.273. The number of ether oxygens (including phenoxy) is 2. The molecule has 1 heterocycles. The molecule has 0 saturated carbocycles. The van der Waals surface area contributed by atoms with Crippen LogP contribution in [0.1, 0.15) is 64.7 Å². The second kappa shape index (κ2) is 18.1. The number of ketones is 1. The summed E-state index contributed by atoms with van der Waals surface area (Å²) >= 11 is 0. The van der Waals surface area contributed by atoms with E-state index in [1.807, 2.05) is 96.9 Å². The van der Waals surface area contributed by atoms with Crippen LogP contribution in [0.25, 0.3) is 0 Å². The maximum Gasteiger partial charge on any atom is 0.319 e. The normalized spacial score (nSPS) is 19.5. The predicted molar refractivity (Wildman–Crippen MR) is 207 cm³/mol. The van der Waals surface area contributed by atoms with Gasteiger partial charge in [-0.15, -0.1) is 0 Å². The Hall–Kier alpha value is -5.36. The first-order chi connectivity index (χ1) is 26.2. The van der Waals surface area contributed by atoms with Gasteiger partial charge in [0.1, 0.15) is 5.75 Å². The maximum absolute atomic E-state index is 13.2. The lowest BCUT2D eigenvalue weighted by atomic mass is 9.83. The zero-order valence-corrected chi connectivity index (χ0v) is 30.4. The SMILES string of the molecule is CC(=O)[C@@H](Cc1ccccc1)NC(=O)Nc1cccc(C2O[C@H](CN(C)C[C@@H](O)c3cccc(O)c3)[C@@H](c3ccccc3)[C@H](c3ccc(CO)cc3)O2)c1. The topological polar surface area (TPSA) is 141 Å². The first kappa shape index (κ1) is 38.4. The van der Waals surface area contributed by atoms with Crippen molar-refractivity contribution in [1.82, 2.24) is 10.2 Å². The molecular formula is C44H47N3O7. The monoisotopic (exact) mass is 729 g/mol. The third-order valence-corrected chi connectivity index (χ3v) is 9.70. The van der Waals surface area contributed by atoms with Crippen molar-refractivity contribution in [2.45, 2.75) is 56.5 Å². The smallest absolute Gasteiger partial charge is 0.319 e. The van der Waals surface area contributed by atoms with Crippen molar-refractivity contribution >= 4 is 17.5 Å². The van der Waals surface area contributed by atoms with Crippen LogP contribution < -0.4 is 10.6 Å². The van der Waals surface area contributed by atoms with Crippen LogP contribution in [0.4, 0.5) is 10.5 Å². The molecule has 1 saturated heterocycles. The number of likely N-dealkylation sites (N-methyl/N-ethyl adjacent to an activating group) is 1. The molecule has 280 valence electrons. The number of amides is 2. The van der Waals surface area contributed by atoms with Gasteiger partial charge < -0.3 is 40.3 Å². The van der Waals surface area contributed by atoms with Crippen LogP contribution in [-0.2, 0) is 27.3 Å². The third kappa shape index (κ3) is 9.98. The molecule has 0 bridgehead atoms. The van der Waals surface area contributed by atoms with E-state index < -0.39 is 36.7 Å². The minimum Gasteiger partial charge on any atom is -0.508 e. The number of anilines is 1. The summed E-state index contributed by atoms with van der Waals surface area (Å²) in [5, 5.41) is 36.5. The van der Waals surface area contributed by atoms with Gasteiger partial charge in [-0.2, -0.15) is 0 Å². The number of nitrogens with zero attached hydrogens (tertiary/aromatic N) is 1. The van der Waals surface area contributed by atoms with E-state index in [1.165, 1.54) is 6.92 Å². The Morgan fingerprint density at radius 3 is 2.15 bits per heavy atom. The molecule has 1 aliphatic rings. The van der Waals surface area contributed by atoms with E-state index in [9.17, 15) is 24.9 Å². The molecule has 1 fully saturated rings. The second-order valence-corrected chi connectivity index (χ2v) is 13.8. The summed E-state index contributed by atoms with van der Waals surface area (Å²) < 4.78 is 13.7. The predicted octanol–water partition coefficient (Wildman–Crippen LogP) is 6.81. The molecule has 2 amide bonds. The van der Waals surface area contributed by atoms with E-state index in [0.29, 0.717) is 29.8 Å². The molecule has 6 rings (SSSR count). The summed E-state index contributed by atoms with van der Waals surface area (Å²) in [5.74, 6) is -0.324. The number of rotatable bonds is 14. The zero-order valence-electron chi connectivity index (χ0n) is 30.4. The number of phenolic OH excluding ortho intramolecular Hbond substituents is 1. The van der Waals surface area contributed by atoms with Gasteiger partial charge in [-0.1, -0.05) is 109 Å². The van der Waals surface area contributed by atoms with Gasteiger partial charge in [-0.05, 0) is 72.5 Å². The average molecular weight is 730 g/mol. The highest BCUT2D eigenvalue weighted by atomic mass is 16.7. The van der Waals surface area contributed by atoms with Crippen LogP contribution in [0.5, 0.6) is 5.75 Å². The van der Waals surface area contributed by atoms with Crippen molar-refractivity contribution in [3.63, 3.8) is 0 Å². The minimum atomic E-state index is -0.848. The van der Waals surface area contributed by atoms with Gasteiger partial charge in [-0.25, -0.2) is 4.79 Å². The van der Waals surface area contributed by atoms with Gasteiger partial charge in [0.2, 0.25) is 0 Å². The van der Waals surface area contributed by atoms with Crippen LogP contribution in [-0.4, -0.2) is 64.3 Å². The molecule has 5 aromatic rings. The van der Waals surface area contributed by atoms with Gasteiger partial charge in [0, 0.05) is 30.3 Å². The van der Waals surface area contributed by atoms with Crippen molar-refractivity contribution in [3.8, 4) is 5.75 Å². The average Bonchev–Trinajstić information content (AvgIpc) is 3.18. The molecule has 0 aliphatic carbocycles. The van der Waals surface area contributed by atoms with Gasteiger partial charge >= 0.3 is 6.03 Å². The first-order valence-electron chi connectivity index (χ1n) is 18.1. The van der Waals surface area contributed by atoms with E-state index in [2.05, 4.69) is 22.8 Å². The van der Waals surface area contributed by atoms with Gasteiger partial charge in [0.05, 0.1) is 31.0 Å². The number of nitrogens with one attached hydrogen (secondary N) is 2. The number of aliphatic hydroxyl groups excluding tert-OH is 2. The lowest BCUT2D eigenvalue weighted by Gasteiger charge is -2.44. The molecule has 1 aliphatic heterocycles. The minimum absolute atomic E-state index is 0.0820. The van der Waals surface area contributed by atoms with Crippen molar-refractivity contribution in [2.75, 3.05) is 25.5 Å². The number of hydrogen-bond acceptors (Lipinski definition) is 8. The van der Waals surface area contributed by atoms with Crippen molar-refractivity contribution in [1.29, 1.82) is 0 Å². The number of aromatic hydroxyl groups is 1. The number of Topliss-reactive ketones (excluding diaryl/α,β-unsaturated/α-hetero) is 1. The van der Waals surface area contributed by atoms with Crippen molar-refractivity contribution < 1.29 is 34.4 Å². The fourth-order valence-corrected chi connectivity index (χ4v) is 6.91. The summed E-state index contributed by atoms with van der Waals surface area (Å²) in [6.45, 7) is 2.09. The highest BCUT2D eigenvalue weighted by Gasteiger charge is 2.42. The molecule has 6 atom stereocenters. The van der Waals surface area contributed by atoms with Crippen LogP contribution >= 0.6 is 0 Å². The summed E-state index contributed by atoms with van der Waals surface area (Å²) in [7, 11) is 1.92. The lowest BCUT2D eigenvalue weighted by Crippen LogP contribution is -2.44. The lowest BCUT2D eigenvalue weighted by molar-refractivity contribution is -0.263. The van der Waals surface area contributed by atoms with Crippen molar-refractivity contribution in [2.24, 2.45) is 0 Å². The Morgan fingerprint density at radius 2 is 1.46 bits per heavy atom. The molecule has 0 radical (unpaired) electrons. The highest BCUT2D eigenvalue weighted by Crippen LogP contribution is 2.47. The Balaban J connectivity index is 1.27. The highest BCUT2D eigenvalue weighted by molar-refractivity contribution is 5.93. The number of hydrogen-bond donors (Lipinski definition) is 5. The third-order valence-electron chi connectivity index (χ3n) is 9.70. The summed E-state index contributed by atoms with van der Waals surface area (Å²) in [6, 6.07) is 39.9. The standard InChI is InChI=1S/C44H47N3O7/c1-29(49)38(23-30-11-5-3-6-12-30)46-44(52)45-36-17-9-16-35(24-36)43-53-40(27-47(2)26-39(51)34-15-10-18-37(50)25-34)41(32-13-7-4-8-14-32)42(54-43)33-21-19-31(28-48)20-22-33/h3-22,24-25,38-43,48,50-51H,23,26-28H2,1-2H3,(H2,45,46,52)/t38-,39-,40-,41-,42+,43?/m1/s1. The zero-order chi connectivity index (χ0) is 38.0. The number of urea groups is 1. The number of benzene rings is 5. The Bertz CT molecular complexity index is 1980. The van der Waals surface area contributed by atoms with Gasteiger partial charge in [0.25, 0.3) is 0 Å². The van der Waals surface area contributed by atoms with E-state index in [-0.39, 0.29) is 30.6 Å². The maximum atomic E-state index is 13.2. The number of carbonyl (C=O) groups excluding carboxylic acids is 2. The molecule has 1 unspecified atom stereocenters. The van der Waals surface area contributed by atoms with E-state index >= 15 is 0 Å². The van der Waals surface area contributed by atoms with Gasteiger partial charge in [0.15, 0.2) is 12.1 Å². The van der Waals surface area contributed by atoms with Crippen LogP contribution in [0.15, 0.2) is 133 Å². The number of aliphatic hydroxyl groups is 2. The summed E-state index contributed by atoms with van der Waals surface area (Å²) in [4.78, 5) is 27.6. The molecule has 5 N–H and O–H groups in total. The Kier molecular flexibility index (Phi) is 12.9. The molecule has 5 aromatic carbocycles. The quantitative estimate of drug-likeness (QED) is 0.0840. The van der Waals surface area contributed by atoms with E-state index in [4.69, 9.17) is 9.47 Å². The molecular weight excluding hydrogens is 682 g/mol. The van der Waals surface area contributed by atoms with Crippen LogP contribution in [0, 0.1) is 0 Å². The molecule has 10 nitrogen and oxygen atoms in total. The first-order valence-corrected chi connectivity index (χ1v) is 18.1. The van der Waals surface area contributed by atoms with E-state index in [1.54, 1.807) is 36.4 Å². The molecule has 0 aromatic heterocycles. The summed E-state index contributed by atoms with van der Waals surface area (Å²) in [6.07, 6.45) is -2.21. The fourth-order valence-electron chi connectivity index (χ4n) is 6.91. The number of carbonyl (C=O) groups is 2. The number of phenols is 1. The molecule has 10 heteroatoms. The largest absolute Gasteiger partial charge is 0.508 e.